The minimum atomic E-state index is -0.409. The van der Waals surface area contributed by atoms with E-state index in [1.165, 1.54) is 0 Å². The number of para-hydroxylation sites is 1. The lowest BCUT2D eigenvalue weighted by molar-refractivity contribution is -0.142. The number of piperidine rings is 1. The molecule has 1 amide bonds. The Morgan fingerprint density at radius 1 is 1.35 bits per heavy atom. The van der Waals surface area contributed by atoms with E-state index in [1.807, 2.05) is 34.7 Å². The van der Waals surface area contributed by atoms with Crippen LogP contribution >= 0.6 is 11.3 Å². The second kappa shape index (κ2) is 5.96. The third-order valence-corrected chi connectivity index (χ3v) is 5.76. The van der Waals surface area contributed by atoms with Crippen molar-refractivity contribution in [1.82, 2.24) is 9.88 Å². The maximum absolute atomic E-state index is 13.2. The predicted octanol–water partition coefficient (Wildman–Crippen LogP) is 3.76. The summed E-state index contributed by atoms with van der Waals surface area (Å²) < 4.78 is 5.99. The zero-order chi connectivity index (χ0) is 15.8. The van der Waals surface area contributed by atoms with Crippen LogP contribution in [0.2, 0.25) is 0 Å². The molecule has 0 spiro atoms. The van der Waals surface area contributed by atoms with Gasteiger partial charge in [-0.3, -0.25) is 4.79 Å². The molecule has 4 nitrogen and oxygen atoms in total. The average Bonchev–Trinajstić information content (AvgIpc) is 3.23. The molecule has 0 saturated carbocycles. The van der Waals surface area contributed by atoms with Gasteiger partial charge < -0.3 is 9.64 Å². The van der Waals surface area contributed by atoms with E-state index in [0.717, 1.165) is 42.1 Å². The summed E-state index contributed by atoms with van der Waals surface area (Å²) in [6.07, 6.45) is 4.61. The molecule has 1 aromatic carbocycles. The Morgan fingerprint density at radius 2 is 2.22 bits per heavy atom. The molecule has 0 unspecified atom stereocenters. The SMILES string of the molecule is C[C@@H]1c2ccccc2O[C@H]1C(=O)N1CCCC[C@@H]1c1nccs1. The lowest BCUT2D eigenvalue weighted by Gasteiger charge is -2.36. The van der Waals surface area contributed by atoms with Gasteiger partial charge in [0, 0.05) is 29.6 Å². The summed E-state index contributed by atoms with van der Waals surface area (Å²) in [4.78, 5) is 19.6. The highest BCUT2D eigenvalue weighted by Crippen LogP contribution is 2.40. The van der Waals surface area contributed by atoms with Gasteiger partial charge in [-0.25, -0.2) is 4.98 Å². The van der Waals surface area contributed by atoms with Crippen LogP contribution in [0.3, 0.4) is 0 Å². The van der Waals surface area contributed by atoms with Gasteiger partial charge in [-0.15, -0.1) is 11.3 Å². The number of carbonyl (C=O) groups is 1. The standard InChI is InChI=1S/C18H20N2O2S/c1-12-13-6-2-3-8-15(13)22-16(12)18(21)20-10-5-4-7-14(20)17-19-9-11-23-17/h2-3,6,8-9,11-12,14,16H,4-5,7,10H2,1H3/t12-,14-,16-/m1/s1. The molecule has 120 valence electrons. The van der Waals surface area contributed by atoms with Gasteiger partial charge in [-0.1, -0.05) is 25.1 Å². The minimum Gasteiger partial charge on any atom is -0.480 e. The third kappa shape index (κ3) is 2.53. The molecule has 1 saturated heterocycles. The van der Waals surface area contributed by atoms with E-state index in [0.29, 0.717) is 0 Å². The number of hydrogen-bond acceptors (Lipinski definition) is 4. The molecule has 2 aliphatic rings. The highest BCUT2D eigenvalue weighted by molar-refractivity contribution is 7.09. The quantitative estimate of drug-likeness (QED) is 0.843. The number of likely N-dealkylation sites (tertiary alicyclic amines) is 1. The number of benzene rings is 1. The van der Waals surface area contributed by atoms with E-state index < -0.39 is 6.10 Å². The van der Waals surface area contributed by atoms with Crippen molar-refractivity contribution in [3.05, 3.63) is 46.4 Å². The molecule has 2 aromatic rings. The van der Waals surface area contributed by atoms with Crippen LogP contribution in [-0.4, -0.2) is 28.4 Å². The zero-order valence-corrected chi connectivity index (χ0v) is 14.0. The fourth-order valence-corrected chi connectivity index (χ4v) is 4.43. The largest absolute Gasteiger partial charge is 0.480 e. The molecule has 2 aliphatic heterocycles. The molecular formula is C18H20N2O2S. The molecular weight excluding hydrogens is 308 g/mol. The molecule has 5 heteroatoms. The van der Waals surface area contributed by atoms with Crippen molar-refractivity contribution >= 4 is 17.2 Å². The molecule has 4 rings (SSSR count). The van der Waals surface area contributed by atoms with Gasteiger partial charge in [0.25, 0.3) is 5.91 Å². The fraction of sp³-hybridized carbons (Fsp3) is 0.444. The number of thiazole rings is 1. The smallest absolute Gasteiger partial charge is 0.264 e. The van der Waals surface area contributed by atoms with Crippen molar-refractivity contribution in [2.24, 2.45) is 0 Å². The van der Waals surface area contributed by atoms with Crippen LogP contribution in [0.15, 0.2) is 35.8 Å². The summed E-state index contributed by atoms with van der Waals surface area (Å²) in [7, 11) is 0. The first kappa shape index (κ1) is 14.7. The Balaban J connectivity index is 1.59. The molecule has 0 radical (unpaired) electrons. The predicted molar refractivity (Wildman–Crippen MR) is 89.7 cm³/mol. The van der Waals surface area contributed by atoms with Gasteiger partial charge in [0.15, 0.2) is 6.10 Å². The van der Waals surface area contributed by atoms with Gasteiger partial charge >= 0.3 is 0 Å². The molecule has 3 atom stereocenters. The number of rotatable bonds is 2. The molecule has 23 heavy (non-hydrogen) atoms. The Bertz CT molecular complexity index is 701. The van der Waals surface area contributed by atoms with Crippen LogP contribution in [0.1, 0.15) is 48.7 Å². The highest BCUT2D eigenvalue weighted by Gasteiger charge is 2.41. The summed E-state index contributed by atoms with van der Waals surface area (Å²) in [6.45, 7) is 2.88. The van der Waals surface area contributed by atoms with Crippen LogP contribution in [0.25, 0.3) is 0 Å². The topological polar surface area (TPSA) is 42.4 Å². The maximum Gasteiger partial charge on any atom is 0.264 e. The first-order valence-electron chi connectivity index (χ1n) is 8.21. The van der Waals surface area contributed by atoms with Crippen molar-refractivity contribution < 1.29 is 9.53 Å². The van der Waals surface area contributed by atoms with E-state index in [4.69, 9.17) is 4.74 Å². The second-order valence-electron chi connectivity index (χ2n) is 6.28. The molecule has 1 fully saturated rings. The summed E-state index contributed by atoms with van der Waals surface area (Å²) in [6, 6.07) is 8.08. The van der Waals surface area contributed by atoms with Gasteiger partial charge in [-0.05, 0) is 25.3 Å². The van der Waals surface area contributed by atoms with Gasteiger partial charge in [0.1, 0.15) is 10.8 Å². The Kier molecular flexibility index (Phi) is 3.81. The fourth-order valence-electron chi connectivity index (χ4n) is 3.64. The van der Waals surface area contributed by atoms with E-state index in [9.17, 15) is 4.79 Å². The van der Waals surface area contributed by atoms with Crippen molar-refractivity contribution in [3.8, 4) is 5.75 Å². The number of amides is 1. The van der Waals surface area contributed by atoms with Crippen molar-refractivity contribution in [1.29, 1.82) is 0 Å². The van der Waals surface area contributed by atoms with Gasteiger partial charge in [0.2, 0.25) is 0 Å². The summed E-state index contributed by atoms with van der Waals surface area (Å²) in [5, 5.41) is 3.03. The van der Waals surface area contributed by atoms with Crippen LogP contribution in [-0.2, 0) is 4.79 Å². The Hall–Kier alpha value is -1.88. The lowest BCUT2D eigenvalue weighted by Crippen LogP contribution is -2.46. The molecule has 0 N–H and O–H groups in total. The number of hydrogen-bond donors (Lipinski definition) is 0. The van der Waals surface area contributed by atoms with Gasteiger partial charge in [-0.2, -0.15) is 0 Å². The van der Waals surface area contributed by atoms with E-state index >= 15 is 0 Å². The number of ether oxygens (including phenoxy) is 1. The maximum atomic E-state index is 13.2. The monoisotopic (exact) mass is 328 g/mol. The molecule has 1 aromatic heterocycles. The van der Waals surface area contributed by atoms with Crippen LogP contribution in [0, 0.1) is 0 Å². The number of aromatic nitrogens is 1. The number of fused-ring (bicyclic) bond motifs is 1. The van der Waals surface area contributed by atoms with E-state index in [-0.39, 0.29) is 17.9 Å². The highest BCUT2D eigenvalue weighted by atomic mass is 32.1. The second-order valence-corrected chi connectivity index (χ2v) is 7.20. The van der Waals surface area contributed by atoms with Crippen molar-refractivity contribution in [3.63, 3.8) is 0 Å². The van der Waals surface area contributed by atoms with Crippen molar-refractivity contribution in [2.45, 2.75) is 44.2 Å². The van der Waals surface area contributed by atoms with Crippen LogP contribution in [0.5, 0.6) is 5.75 Å². The van der Waals surface area contributed by atoms with Crippen LogP contribution < -0.4 is 4.74 Å². The number of nitrogens with zero attached hydrogens (tertiary/aromatic N) is 2. The third-order valence-electron chi connectivity index (χ3n) is 4.88. The normalized spacial score (nSPS) is 26.7. The van der Waals surface area contributed by atoms with E-state index in [2.05, 4.69) is 18.0 Å². The zero-order valence-electron chi connectivity index (χ0n) is 13.1. The molecule has 3 heterocycles. The number of carbonyl (C=O) groups excluding carboxylic acids is 1. The van der Waals surface area contributed by atoms with Crippen LogP contribution in [0.4, 0.5) is 0 Å². The first-order valence-corrected chi connectivity index (χ1v) is 9.09. The van der Waals surface area contributed by atoms with E-state index in [1.54, 1.807) is 11.3 Å². The average molecular weight is 328 g/mol. The van der Waals surface area contributed by atoms with Gasteiger partial charge in [0.05, 0.1) is 6.04 Å². The Morgan fingerprint density at radius 3 is 3.00 bits per heavy atom. The lowest BCUT2D eigenvalue weighted by atomic mass is 9.95. The molecule has 0 bridgehead atoms. The summed E-state index contributed by atoms with van der Waals surface area (Å²) in [5.41, 5.74) is 1.13. The first-order chi connectivity index (χ1) is 11.3. The summed E-state index contributed by atoms with van der Waals surface area (Å²) in [5.74, 6) is 1.05. The summed E-state index contributed by atoms with van der Waals surface area (Å²) >= 11 is 1.64. The molecule has 0 aliphatic carbocycles. The minimum absolute atomic E-state index is 0.0950. The van der Waals surface area contributed by atoms with Crippen molar-refractivity contribution in [2.75, 3.05) is 6.54 Å². The Labute approximate surface area is 140 Å².